The molecule has 1 aromatic heterocycles. The minimum atomic E-state index is 0.511. The second-order valence-corrected chi connectivity index (χ2v) is 6.50. The second kappa shape index (κ2) is 7.23. The molecule has 3 nitrogen and oxygen atoms in total. The molecule has 1 heterocycles. The number of hydrogen-bond donors (Lipinski definition) is 1. The molecule has 0 bridgehead atoms. The molecule has 23 heavy (non-hydrogen) atoms. The fraction of sp³-hybridized carbons (Fsp3) is 0. The minimum Gasteiger partial charge on any atom is -0.360 e. The van der Waals surface area contributed by atoms with Crippen molar-refractivity contribution in [2.45, 2.75) is 0 Å². The average Bonchev–Trinajstić information content (AvgIpc) is 3.06. The van der Waals surface area contributed by atoms with Crippen LogP contribution in [0.3, 0.4) is 0 Å². The van der Waals surface area contributed by atoms with E-state index >= 15 is 0 Å². The molecule has 3 rings (SSSR count). The number of nitrogens with one attached hydrogen (secondary N) is 1. The third-order valence-corrected chi connectivity index (χ3v) is 4.50. The van der Waals surface area contributed by atoms with E-state index in [0.29, 0.717) is 10.6 Å². The predicted octanol–water partition coefficient (Wildman–Crippen LogP) is 5.55. The largest absolute Gasteiger partial charge is 0.360 e. The van der Waals surface area contributed by atoms with E-state index in [9.17, 15) is 5.26 Å². The van der Waals surface area contributed by atoms with E-state index in [1.165, 1.54) is 11.3 Å². The molecule has 0 atom stereocenters. The molecule has 0 unspecified atom stereocenters. The number of halogens is 1. The van der Waals surface area contributed by atoms with Crippen molar-refractivity contribution in [2.24, 2.45) is 0 Å². The van der Waals surface area contributed by atoms with Gasteiger partial charge in [0, 0.05) is 27.3 Å². The van der Waals surface area contributed by atoms with Gasteiger partial charge in [0.2, 0.25) is 0 Å². The van der Waals surface area contributed by atoms with Gasteiger partial charge in [-0.2, -0.15) is 5.26 Å². The van der Waals surface area contributed by atoms with E-state index in [0.717, 1.165) is 21.4 Å². The van der Waals surface area contributed by atoms with Gasteiger partial charge in [-0.1, -0.05) is 52.3 Å². The van der Waals surface area contributed by atoms with Gasteiger partial charge in [0.05, 0.1) is 5.69 Å². The van der Waals surface area contributed by atoms with Gasteiger partial charge in [0.1, 0.15) is 16.6 Å². The molecule has 0 aliphatic rings. The lowest BCUT2D eigenvalue weighted by Crippen LogP contribution is -1.91. The third kappa shape index (κ3) is 3.86. The molecule has 1 N–H and O–H groups in total. The number of aromatic nitrogens is 1. The average molecular weight is 382 g/mol. The summed E-state index contributed by atoms with van der Waals surface area (Å²) in [6, 6.07) is 19.9. The summed E-state index contributed by atoms with van der Waals surface area (Å²) < 4.78 is 0.982. The minimum absolute atomic E-state index is 0.511. The van der Waals surface area contributed by atoms with Crippen LogP contribution in [0.2, 0.25) is 0 Å². The topological polar surface area (TPSA) is 48.7 Å². The Morgan fingerprint density at radius 2 is 2.00 bits per heavy atom. The Kier molecular flexibility index (Phi) is 4.86. The lowest BCUT2D eigenvalue weighted by atomic mass is 10.2. The fourth-order valence-electron chi connectivity index (χ4n) is 2.01. The first-order valence-corrected chi connectivity index (χ1v) is 8.57. The first-order chi connectivity index (χ1) is 11.3. The van der Waals surface area contributed by atoms with Crippen molar-refractivity contribution in [3.8, 4) is 17.3 Å². The zero-order valence-corrected chi connectivity index (χ0v) is 14.4. The van der Waals surface area contributed by atoms with Crippen LogP contribution in [-0.4, -0.2) is 4.98 Å². The van der Waals surface area contributed by atoms with Gasteiger partial charge in [-0.25, -0.2) is 4.98 Å². The smallest absolute Gasteiger partial charge is 0.136 e. The van der Waals surface area contributed by atoms with Crippen LogP contribution in [0.4, 0.5) is 5.69 Å². The van der Waals surface area contributed by atoms with Crippen molar-refractivity contribution in [2.75, 3.05) is 5.32 Å². The maximum atomic E-state index is 9.39. The summed E-state index contributed by atoms with van der Waals surface area (Å²) in [7, 11) is 0. The normalized spacial score (nSPS) is 11.0. The number of thiazole rings is 1. The first-order valence-electron chi connectivity index (χ1n) is 6.90. The van der Waals surface area contributed by atoms with Crippen LogP contribution >= 0.6 is 27.3 Å². The molecular weight excluding hydrogens is 370 g/mol. The highest BCUT2D eigenvalue weighted by Gasteiger charge is 2.08. The molecule has 0 aliphatic heterocycles. The van der Waals surface area contributed by atoms with Crippen LogP contribution in [0.15, 0.2) is 70.7 Å². The molecule has 0 radical (unpaired) electrons. The molecule has 3 aromatic rings. The number of nitrogens with zero attached hydrogens (tertiary/aromatic N) is 2. The van der Waals surface area contributed by atoms with Gasteiger partial charge < -0.3 is 5.32 Å². The third-order valence-electron chi connectivity index (χ3n) is 3.13. The van der Waals surface area contributed by atoms with Gasteiger partial charge in [0.25, 0.3) is 0 Å². The SMILES string of the molecule is N#CC(=CNc1cccc(Br)c1)c1nc(-c2ccccc2)cs1. The molecule has 0 saturated carbocycles. The molecule has 0 fully saturated rings. The molecule has 112 valence electrons. The van der Waals surface area contributed by atoms with E-state index < -0.39 is 0 Å². The van der Waals surface area contributed by atoms with Gasteiger partial charge in [-0.15, -0.1) is 11.3 Å². The summed E-state index contributed by atoms with van der Waals surface area (Å²) >= 11 is 4.89. The van der Waals surface area contributed by atoms with E-state index in [-0.39, 0.29) is 0 Å². The van der Waals surface area contributed by atoms with Crippen LogP contribution in [0.25, 0.3) is 16.8 Å². The molecule has 0 amide bonds. The number of nitriles is 1. The highest BCUT2D eigenvalue weighted by molar-refractivity contribution is 9.10. The zero-order chi connectivity index (χ0) is 16.1. The van der Waals surface area contributed by atoms with Crippen LogP contribution in [0.1, 0.15) is 5.01 Å². The Morgan fingerprint density at radius 1 is 1.17 bits per heavy atom. The zero-order valence-electron chi connectivity index (χ0n) is 12.0. The van der Waals surface area contributed by atoms with Gasteiger partial charge >= 0.3 is 0 Å². The molecule has 5 heteroatoms. The molecule has 2 aromatic carbocycles. The predicted molar refractivity (Wildman–Crippen MR) is 98.9 cm³/mol. The van der Waals surface area contributed by atoms with Crippen molar-refractivity contribution >= 4 is 38.5 Å². The van der Waals surface area contributed by atoms with Crippen LogP contribution in [0, 0.1) is 11.3 Å². The van der Waals surface area contributed by atoms with E-state index in [1.807, 2.05) is 60.0 Å². The number of anilines is 1. The lowest BCUT2D eigenvalue weighted by Gasteiger charge is -2.01. The van der Waals surface area contributed by atoms with Crippen molar-refractivity contribution in [1.29, 1.82) is 5.26 Å². The summed E-state index contributed by atoms with van der Waals surface area (Å²) in [4.78, 5) is 4.56. The van der Waals surface area contributed by atoms with Gasteiger partial charge in [-0.3, -0.25) is 0 Å². The fourth-order valence-corrected chi connectivity index (χ4v) is 3.21. The Morgan fingerprint density at radius 3 is 2.74 bits per heavy atom. The molecular formula is C18H12BrN3S. The highest BCUT2D eigenvalue weighted by atomic mass is 79.9. The standard InChI is InChI=1S/C18H12BrN3S/c19-15-7-4-8-16(9-15)21-11-14(10-20)18-22-17(12-23-18)13-5-2-1-3-6-13/h1-9,11-12,21H. The summed E-state index contributed by atoms with van der Waals surface area (Å²) in [6.45, 7) is 0. The van der Waals surface area contributed by atoms with E-state index in [1.54, 1.807) is 6.20 Å². The number of benzene rings is 2. The summed E-state index contributed by atoms with van der Waals surface area (Å²) in [5.74, 6) is 0. The van der Waals surface area contributed by atoms with Gasteiger partial charge in [-0.05, 0) is 18.2 Å². The first kappa shape index (κ1) is 15.5. The summed E-state index contributed by atoms with van der Waals surface area (Å²) in [5, 5.41) is 15.2. The van der Waals surface area contributed by atoms with Crippen molar-refractivity contribution in [3.63, 3.8) is 0 Å². The Bertz CT molecular complexity index is 879. The van der Waals surface area contributed by atoms with Gasteiger partial charge in [0.15, 0.2) is 0 Å². The number of hydrogen-bond acceptors (Lipinski definition) is 4. The Balaban J connectivity index is 1.83. The monoisotopic (exact) mass is 381 g/mol. The molecule has 0 spiro atoms. The van der Waals surface area contributed by atoms with E-state index in [4.69, 9.17) is 0 Å². The Hall–Kier alpha value is -2.42. The maximum Gasteiger partial charge on any atom is 0.136 e. The summed E-state index contributed by atoms with van der Waals surface area (Å²) in [5.41, 5.74) is 3.35. The maximum absolute atomic E-state index is 9.39. The number of rotatable bonds is 4. The molecule has 0 saturated heterocycles. The van der Waals surface area contributed by atoms with Crippen molar-refractivity contribution in [3.05, 3.63) is 75.7 Å². The molecule has 0 aliphatic carbocycles. The highest BCUT2D eigenvalue weighted by Crippen LogP contribution is 2.26. The van der Waals surface area contributed by atoms with Crippen LogP contribution in [0.5, 0.6) is 0 Å². The van der Waals surface area contributed by atoms with Crippen molar-refractivity contribution < 1.29 is 0 Å². The second-order valence-electron chi connectivity index (χ2n) is 4.73. The quantitative estimate of drug-likeness (QED) is 0.602. The Labute approximate surface area is 147 Å². The van der Waals surface area contributed by atoms with Crippen molar-refractivity contribution in [1.82, 2.24) is 4.98 Å². The van der Waals surface area contributed by atoms with Crippen LogP contribution in [-0.2, 0) is 0 Å². The lowest BCUT2D eigenvalue weighted by molar-refractivity contribution is 1.36. The van der Waals surface area contributed by atoms with Crippen LogP contribution < -0.4 is 5.32 Å². The number of allylic oxidation sites excluding steroid dienone is 1. The van der Waals surface area contributed by atoms with E-state index in [2.05, 4.69) is 32.3 Å². The summed E-state index contributed by atoms with van der Waals surface area (Å²) in [6.07, 6.45) is 1.69.